The maximum atomic E-state index is 13.7. The summed E-state index contributed by atoms with van der Waals surface area (Å²) < 4.78 is 18.9. The van der Waals surface area contributed by atoms with E-state index >= 15 is 0 Å². The summed E-state index contributed by atoms with van der Waals surface area (Å²) in [7, 11) is 0. The molecule has 0 spiro atoms. The molecule has 3 nitrogen and oxygen atoms in total. The molecule has 0 bridgehead atoms. The van der Waals surface area contributed by atoms with Crippen molar-refractivity contribution in [2.24, 2.45) is 0 Å². The molecule has 19 heavy (non-hydrogen) atoms. The van der Waals surface area contributed by atoms with Crippen LogP contribution in [0.15, 0.2) is 23.1 Å². The van der Waals surface area contributed by atoms with E-state index in [1.807, 2.05) is 0 Å². The predicted molar refractivity (Wildman–Crippen MR) is 73.6 cm³/mol. The van der Waals surface area contributed by atoms with Crippen LogP contribution in [-0.4, -0.2) is 22.4 Å². The summed E-state index contributed by atoms with van der Waals surface area (Å²) in [5.74, 6) is -0.831. The molecule has 1 rings (SSSR count). The average Bonchev–Trinajstić information content (AvgIpc) is 2.24. The molecule has 0 aliphatic carbocycles. The average molecular weight is 286 g/mol. The first-order valence-corrected chi connectivity index (χ1v) is 7.00. The quantitative estimate of drug-likeness (QED) is 0.681. The summed E-state index contributed by atoms with van der Waals surface area (Å²) >= 11 is 1.04. The summed E-state index contributed by atoms with van der Waals surface area (Å²) in [6.07, 6.45) is -0.781. The van der Waals surface area contributed by atoms with Crippen molar-refractivity contribution in [3.8, 4) is 0 Å². The molecule has 0 heterocycles. The van der Waals surface area contributed by atoms with Crippen LogP contribution in [0, 0.1) is 5.82 Å². The number of benzene rings is 1. The molecular formula is C14H19FO3S. The van der Waals surface area contributed by atoms with Crippen LogP contribution >= 0.6 is 11.8 Å². The fraction of sp³-hybridized carbons (Fsp3) is 0.500. The Labute approximate surface area is 117 Å². The second-order valence-corrected chi connectivity index (χ2v) is 6.19. The van der Waals surface area contributed by atoms with Gasteiger partial charge in [-0.3, -0.25) is 4.79 Å². The maximum absolute atomic E-state index is 13.7. The van der Waals surface area contributed by atoms with E-state index in [1.54, 1.807) is 33.8 Å². The number of ether oxygens (including phenoxy) is 1. The van der Waals surface area contributed by atoms with Crippen molar-refractivity contribution in [1.82, 2.24) is 0 Å². The van der Waals surface area contributed by atoms with Gasteiger partial charge < -0.3 is 9.84 Å². The summed E-state index contributed by atoms with van der Waals surface area (Å²) in [5, 5.41) is 9.58. The van der Waals surface area contributed by atoms with Gasteiger partial charge in [-0.25, -0.2) is 4.39 Å². The van der Waals surface area contributed by atoms with E-state index in [0.717, 1.165) is 11.8 Å². The first kappa shape index (κ1) is 16.0. The zero-order valence-corrected chi connectivity index (χ0v) is 12.4. The molecule has 1 N–H and O–H groups in total. The minimum atomic E-state index is -0.781. The number of hydrogen-bond donors (Lipinski definition) is 1. The van der Waals surface area contributed by atoms with E-state index in [1.165, 1.54) is 12.1 Å². The summed E-state index contributed by atoms with van der Waals surface area (Å²) in [5.41, 5.74) is -0.0754. The van der Waals surface area contributed by atoms with Gasteiger partial charge >= 0.3 is 5.97 Å². The highest BCUT2D eigenvalue weighted by Crippen LogP contribution is 2.30. The molecule has 0 aliphatic rings. The molecule has 1 aromatic carbocycles. The predicted octanol–water partition coefficient (Wildman–Crippen LogP) is 3.31. The molecule has 0 aliphatic heterocycles. The normalized spacial score (nSPS) is 13.2. The van der Waals surface area contributed by atoms with Crippen LogP contribution in [0.1, 0.15) is 39.4 Å². The van der Waals surface area contributed by atoms with Crippen molar-refractivity contribution in [2.75, 3.05) is 5.75 Å². The second kappa shape index (κ2) is 6.39. The fourth-order valence-corrected chi connectivity index (χ4v) is 2.44. The van der Waals surface area contributed by atoms with Gasteiger partial charge in [0.05, 0.1) is 11.9 Å². The van der Waals surface area contributed by atoms with Crippen molar-refractivity contribution < 1.29 is 19.0 Å². The molecule has 0 saturated heterocycles. The van der Waals surface area contributed by atoms with Crippen LogP contribution in [0.2, 0.25) is 0 Å². The standard InChI is InChI=1S/C14H19FO3S/c1-9(16)10-6-5-7-11(15)13(10)19-8-12(17)18-14(2,3)4/h5-7,9,16H,8H2,1-4H3/t9-/m0/s1. The number of rotatable bonds is 4. The van der Waals surface area contributed by atoms with Gasteiger partial charge in [-0.1, -0.05) is 12.1 Å². The van der Waals surface area contributed by atoms with Crippen molar-refractivity contribution in [2.45, 2.75) is 44.3 Å². The molecule has 0 aromatic heterocycles. The van der Waals surface area contributed by atoms with Gasteiger partial charge in [-0.15, -0.1) is 11.8 Å². The lowest BCUT2D eigenvalue weighted by molar-refractivity contribution is -0.151. The van der Waals surface area contributed by atoms with E-state index in [2.05, 4.69) is 0 Å². The van der Waals surface area contributed by atoms with Gasteiger partial charge in [0.25, 0.3) is 0 Å². The third kappa shape index (κ3) is 5.20. The Morgan fingerprint density at radius 3 is 2.63 bits per heavy atom. The van der Waals surface area contributed by atoms with Crippen LogP contribution in [-0.2, 0) is 9.53 Å². The minimum Gasteiger partial charge on any atom is -0.459 e. The van der Waals surface area contributed by atoms with E-state index in [4.69, 9.17) is 4.74 Å². The van der Waals surface area contributed by atoms with Crippen LogP contribution in [0.3, 0.4) is 0 Å². The van der Waals surface area contributed by atoms with Crippen LogP contribution < -0.4 is 0 Å². The van der Waals surface area contributed by atoms with E-state index in [9.17, 15) is 14.3 Å². The van der Waals surface area contributed by atoms with E-state index in [-0.39, 0.29) is 5.75 Å². The molecule has 0 saturated carbocycles. The second-order valence-electron chi connectivity index (χ2n) is 5.21. The van der Waals surface area contributed by atoms with Crippen LogP contribution in [0.5, 0.6) is 0 Å². The highest BCUT2D eigenvalue weighted by molar-refractivity contribution is 8.00. The SMILES string of the molecule is C[C@H](O)c1cccc(F)c1SCC(=O)OC(C)(C)C. The zero-order chi connectivity index (χ0) is 14.6. The molecule has 1 atom stereocenters. The third-order valence-corrected chi connectivity index (χ3v) is 3.30. The number of thioether (sulfide) groups is 1. The highest BCUT2D eigenvalue weighted by Gasteiger charge is 2.19. The Hall–Kier alpha value is -1.07. The van der Waals surface area contributed by atoms with Gasteiger partial charge in [0.15, 0.2) is 0 Å². The summed E-state index contributed by atoms with van der Waals surface area (Å²) in [4.78, 5) is 11.9. The van der Waals surface area contributed by atoms with Gasteiger partial charge in [0.2, 0.25) is 0 Å². The van der Waals surface area contributed by atoms with Gasteiger partial charge in [0.1, 0.15) is 11.4 Å². The third-order valence-electron chi connectivity index (χ3n) is 2.20. The Morgan fingerprint density at radius 2 is 2.11 bits per heavy atom. The van der Waals surface area contributed by atoms with Gasteiger partial charge in [-0.2, -0.15) is 0 Å². The Kier molecular flexibility index (Phi) is 5.38. The molecule has 0 radical (unpaired) electrons. The lowest BCUT2D eigenvalue weighted by atomic mass is 10.1. The molecule has 5 heteroatoms. The summed E-state index contributed by atoms with van der Waals surface area (Å²) in [6, 6.07) is 4.49. The topological polar surface area (TPSA) is 46.5 Å². The molecule has 1 aromatic rings. The monoisotopic (exact) mass is 286 g/mol. The lowest BCUT2D eigenvalue weighted by Gasteiger charge is -2.19. The minimum absolute atomic E-state index is 0.0118. The number of carbonyl (C=O) groups excluding carboxylic acids is 1. The molecule has 106 valence electrons. The molecular weight excluding hydrogens is 267 g/mol. The zero-order valence-electron chi connectivity index (χ0n) is 11.6. The van der Waals surface area contributed by atoms with Crippen LogP contribution in [0.25, 0.3) is 0 Å². The smallest absolute Gasteiger partial charge is 0.316 e. The Bertz CT molecular complexity index is 452. The Balaban J connectivity index is 2.75. The number of esters is 1. The van der Waals surface area contributed by atoms with Crippen molar-refractivity contribution in [3.05, 3.63) is 29.6 Å². The van der Waals surface area contributed by atoms with Crippen molar-refractivity contribution in [1.29, 1.82) is 0 Å². The number of carbonyl (C=O) groups is 1. The maximum Gasteiger partial charge on any atom is 0.316 e. The molecule has 0 unspecified atom stereocenters. The van der Waals surface area contributed by atoms with Gasteiger partial charge in [0, 0.05) is 4.90 Å². The summed E-state index contributed by atoms with van der Waals surface area (Å²) in [6.45, 7) is 6.89. The molecule has 0 fully saturated rings. The van der Waals surface area contributed by atoms with Crippen LogP contribution in [0.4, 0.5) is 4.39 Å². The van der Waals surface area contributed by atoms with Crippen molar-refractivity contribution >= 4 is 17.7 Å². The Morgan fingerprint density at radius 1 is 1.47 bits per heavy atom. The van der Waals surface area contributed by atoms with E-state index in [0.29, 0.717) is 10.5 Å². The van der Waals surface area contributed by atoms with Crippen molar-refractivity contribution in [3.63, 3.8) is 0 Å². The number of hydrogen-bond acceptors (Lipinski definition) is 4. The fourth-order valence-electron chi connectivity index (χ4n) is 1.51. The largest absolute Gasteiger partial charge is 0.459 e. The number of halogens is 1. The highest BCUT2D eigenvalue weighted by atomic mass is 32.2. The first-order valence-electron chi connectivity index (χ1n) is 6.02. The molecule has 0 amide bonds. The number of aliphatic hydroxyl groups is 1. The van der Waals surface area contributed by atoms with Gasteiger partial charge in [-0.05, 0) is 39.3 Å². The number of aliphatic hydroxyl groups excluding tert-OH is 1. The van der Waals surface area contributed by atoms with E-state index < -0.39 is 23.5 Å². The lowest BCUT2D eigenvalue weighted by Crippen LogP contribution is -2.25. The first-order chi connectivity index (χ1) is 8.70.